The van der Waals surface area contributed by atoms with Crippen LogP contribution in [0.4, 0.5) is 0 Å². The molecule has 126 valence electrons. The lowest BCUT2D eigenvalue weighted by atomic mass is 10.3. The van der Waals surface area contributed by atoms with E-state index >= 15 is 0 Å². The summed E-state index contributed by atoms with van der Waals surface area (Å²) in [7, 11) is 0. The van der Waals surface area contributed by atoms with E-state index in [0.717, 1.165) is 37.2 Å². The minimum absolute atomic E-state index is 0. The number of likely N-dealkylation sites (N-methyl/N-ethyl adjacent to an activating group) is 1. The highest BCUT2D eigenvalue weighted by Crippen LogP contribution is 2.12. The fourth-order valence-electron chi connectivity index (χ4n) is 2.61. The van der Waals surface area contributed by atoms with Gasteiger partial charge in [0, 0.05) is 25.5 Å². The molecule has 0 fully saturated rings. The van der Waals surface area contributed by atoms with Crippen molar-refractivity contribution in [2.75, 3.05) is 25.5 Å². The predicted molar refractivity (Wildman–Crippen MR) is 98.8 cm³/mol. The van der Waals surface area contributed by atoms with Crippen LogP contribution in [-0.4, -0.2) is 39.5 Å². The fourth-order valence-corrected chi connectivity index (χ4v) is 2.78. The van der Waals surface area contributed by atoms with Gasteiger partial charge in [-0.25, -0.2) is 0 Å². The first-order chi connectivity index (χ1) is 9.72. The molecule has 0 atom stereocenters. The first-order valence-corrected chi connectivity index (χ1v) is 7.77. The fraction of sp³-hybridized carbons (Fsp3) is 0.533. The number of imidazole rings is 1. The van der Waals surface area contributed by atoms with Gasteiger partial charge in [0.1, 0.15) is 0 Å². The molecule has 1 N–H and O–H groups in total. The van der Waals surface area contributed by atoms with Crippen molar-refractivity contribution in [3.05, 3.63) is 29.9 Å². The number of fused-ring (bicyclic) bond motifs is 1. The Labute approximate surface area is 149 Å². The van der Waals surface area contributed by atoms with Gasteiger partial charge in [-0.1, -0.05) is 26.0 Å². The number of nitrogens with one attached hydrogen (secondary N) is 1. The smallest absolute Gasteiger partial charge is 0.203 e. The van der Waals surface area contributed by atoms with Crippen LogP contribution in [0.3, 0.4) is 0 Å². The Kier molecular flexibility index (Phi) is 9.85. The van der Waals surface area contributed by atoms with Gasteiger partial charge in [-0.05, 0) is 25.2 Å². The standard InChI is InChI=1S/C15H23ClN4.2ClH/c1-3-18(4-2)11-12-20-14-8-6-5-7-13(14)19(10-9-16)15(20)17;;/h5-8,17H,3-4,9-12H2,1-2H3;2*1H. The van der Waals surface area contributed by atoms with E-state index in [0.29, 0.717) is 18.0 Å². The van der Waals surface area contributed by atoms with Crippen LogP contribution in [0.5, 0.6) is 0 Å². The maximum atomic E-state index is 8.39. The first kappa shape index (κ1) is 21.3. The number of aromatic nitrogens is 2. The van der Waals surface area contributed by atoms with Gasteiger partial charge in [0.25, 0.3) is 0 Å². The van der Waals surface area contributed by atoms with E-state index in [1.807, 2.05) is 16.7 Å². The Hall–Kier alpha value is -0.680. The molecule has 2 rings (SSSR count). The molecule has 0 spiro atoms. The Bertz CT molecular complexity index is 617. The van der Waals surface area contributed by atoms with Crippen molar-refractivity contribution in [1.29, 1.82) is 5.41 Å². The van der Waals surface area contributed by atoms with Crippen LogP contribution < -0.4 is 5.62 Å². The van der Waals surface area contributed by atoms with Crippen LogP contribution >= 0.6 is 36.4 Å². The van der Waals surface area contributed by atoms with Gasteiger partial charge in [0.15, 0.2) is 0 Å². The molecular weight excluding hydrogens is 343 g/mol. The third-order valence-electron chi connectivity index (χ3n) is 3.82. The SMILES string of the molecule is CCN(CC)CCn1c(=N)n(CCCl)c2ccccc21.Cl.Cl. The van der Waals surface area contributed by atoms with Crippen molar-refractivity contribution in [1.82, 2.24) is 14.0 Å². The Balaban J connectivity index is 0.00000220. The lowest BCUT2D eigenvalue weighted by Gasteiger charge is -2.18. The average Bonchev–Trinajstić information content (AvgIpc) is 2.74. The molecule has 7 heteroatoms. The van der Waals surface area contributed by atoms with Crippen molar-refractivity contribution in [2.45, 2.75) is 26.9 Å². The van der Waals surface area contributed by atoms with Gasteiger partial charge >= 0.3 is 0 Å². The summed E-state index contributed by atoms with van der Waals surface area (Å²) in [6.07, 6.45) is 0. The van der Waals surface area contributed by atoms with Crippen LogP contribution in [0, 0.1) is 5.41 Å². The minimum atomic E-state index is 0. The van der Waals surface area contributed by atoms with Crippen molar-refractivity contribution < 1.29 is 0 Å². The maximum Gasteiger partial charge on any atom is 0.203 e. The van der Waals surface area contributed by atoms with Gasteiger partial charge in [-0.3, -0.25) is 5.41 Å². The molecule has 0 aliphatic carbocycles. The molecular formula is C15H25Cl3N4. The van der Waals surface area contributed by atoms with Gasteiger partial charge in [-0.15, -0.1) is 36.4 Å². The topological polar surface area (TPSA) is 37.0 Å². The average molecular weight is 368 g/mol. The van der Waals surface area contributed by atoms with Crippen molar-refractivity contribution >= 4 is 47.4 Å². The third-order valence-corrected chi connectivity index (χ3v) is 3.99. The van der Waals surface area contributed by atoms with Crippen molar-refractivity contribution in [2.24, 2.45) is 0 Å². The summed E-state index contributed by atoms with van der Waals surface area (Å²) >= 11 is 5.87. The van der Waals surface area contributed by atoms with Crippen LogP contribution in [-0.2, 0) is 13.1 Å². The molecule has 2 aromatic rings. The van der Waals surface area contributed by atoms with Gasteiger partial charge < -0.3 is 14.0 Å². The summed E-state index contributed by atoms with van der Waals surface area (Å²) in [6, 6.07) is 8.19. The highest BCUT2D eigenvalue weighted by atomic mass is 35.5. The van der Waals surface area contributed by atoms with Gasteiger partial charge in [0.05, 0.1) is 11.0 Å². The molecule has 0 bridgehead atoms. The summed E-state index contributed by atoms with van der Waals surface area (Å²) in [6.45, 7) is 8.93. The molecule has 0 saturated carbocycles. The van der Waals surface area contributed by atoms with E-state index in [1.165, 1.54) is 0 Å². The molecule has 22 heavy (non-hydrogen) atoms. The predicted octanol–water partition coefficient (Wildman–Crippen LogP) is 3.35. The molecule has 1 aromatic heterocycles. The molecule has 0 aliphatic heterocycles. The highest BCUT2D eigenvalue weighted by Gasteiger charge is 2.10. The number of halogens is 3. The van der Waals surface area contributed by atoms with Gasteiger partial charge in [0.2, 0.25) is 5.62 Å². The summed E-state index contributed by atoms with van der Waals surface area (Å²) in [5.41, 5.74) is 2.76. The molecule has 0 aliphatic rings. The molecule has 0 unspecified atom stereocenters. The lowest BCUT2D eigenvalue weighted by Crippen LogP contribution is -2.32. The molecule has 0 amide bonds. The van der Waals surface area contributed by atoms with Crippen LogP contribution in [0.2, 0.25) is 0 Å². The maximum absolute atomic E-state index is 8.39. The number of alkyl halides is 1. The lowest BCUT2D eigenvalue weighted by molar-refractivity contribution is 0.289. The van der Waals surface area contributed by atoms with Crippen LogP contribution in [0.15, 0.2) is 24.3 Å². The second kappa shape index (κ2) is 10.2. The van der Waals surface area contributed by atoms with Gasteiger partial charge in [-0.2, -0.15) is 0 Å². The summed E-state index contributed by atoms with van der Waals surface area (Å²) in [5, 5.41) is 8.39. The normalized spacial score (nSPS) is 10.5. The highest BCUT2D eigenvalue weighted by molar-refractivity contribution is 6.17. The molecule has 1 aromatic carbocycles. The van der Waals surface area contributed by atoms with Crippen molar-refractivity contribution in [3.63, 3.8) is 0 Å². The van der Waals surface area contributed by atoms with Crippen LogP contribution in [0.1, 0.15) is 13.8 Å². The largest absolute Gasteiger partial charge is 0.309 e. The number of hydrogen-bond acceptors (Lipinski definition) is 2. The molecule has 0 radical (unpaired) electrons. The van der Waals surface area contributed by atoms with Crippen molar-refractivity contribution in [3.8, 4) is 0 Å². The Morgan fingerprint density at radius 2 is 1.50 bits per heavy atom. The van der Waals surface area contributed by atoms with E-state index in [-0.39, 0.29) is 24.8 Å². The molecule has 0 saturated heterocycles. The quantitative estimate of drug-likeness (QED) is 0.749. The monoisotopic (exact) mass is 366 g/mol. The zero-order valence-corrected chi connectivity index (χ0v) is 15.5. The second-order valence-corrected chi connectivity index (χ2v) is 5.21. The van der Waals surface area contributed by atoms with E-state index in [1.54, 1.807) is 0 Å². The summed E-state index contributed by atoms with van der Waals surface area (Å²) in [4.78, 5) is 2.38. The van der Waals surface area contributed by atoms with E-state index in [4.69, 9.17) is 17.0 Å². The number of benzene rings is 1. The van der Waals surface area contributed by atoms with E-state index < -0.39 is 0 Å². The first-order valence-electron chi connectivity index (χ1n) is 7.23. The number of aryl methyl sites for hydroxylation is 1. The number of rotatable bonds is 7. The number of nitrogens with zero attached hydrogens (tertiary/aromatic N) is 3. The summed E-state index contributed by atoms with van der Waals surface area (Å²) < 4.78 is 4.07. The minimum Gasteiger partial charge on any atom is -0.309 e. The second-order valence-electron chi connectivity index (χ2n) is 4.83. The molecule has 4 nitrogen and oxygen atoms in total. The Morgan fingerprint density at radius 3 is 1.95 bits per heavy atom. The van der Waals surface area contributed by atoms with E-state index in [9.17, 15) is 0 Å². The Morgan fingerprint density at radius 1 is 1.00 bits per heavy atom. The zero-order chi connectivity index (χ0) is 14.5. The van der Waals surface area contributed by atoms with E-state index in [2.05, 4.69) is 35.4 Å². The number of para-hydroxylation sites is 2. The third kappa shape index (κ3) is 4.42. The summed E-state index contributed by atoms with van der Waals surface area (Å²) in [5.74, 6) is 0.528. The number of hydrogen-bond donors (Lipinski definition) is 1. The zero-order valence-electron chi connectivity index (χ0n) is 13.1. The van der Waals surface area contributed by atoms with Crippen LogP contribution in [0.25, 0.3) is 11.0 Å². The molecule has 1 heterocycles.